The molecule has 1 aromatic rings. The van der Waals surface area contributed by atoms with Crippen LogP contribution in [0.1, 0.15) is 19.4 Å². The molecular formula is C15H15NO3. The average molecular weight is 257 g/mol. The number of benzene rings is 1. The largest absolute Gasteiger partial charge is 0.294 e. The number of imide groups is 1. The van der Waals surface area contributed by atoms with Crippen LogP contribution in [-0.4, -0.2) is 17.6 Å². The standard InChI is InChI=1S/C15H15NO3/c1-11(17)14(15(19)16-12(2)18)10-6-9-13-7-4-3-5-8-13/h3-10H,1-2H3,(H,16,18,19)/b9-6+,14-10+. The van der Waals surface area contributed by atoms with Crippen molar-refractivity contribution < 1.29 is 14.4 Å². The quantitative estimate of drug-likeness (QED) is 0.387. The van der Waals surface area contributed by atoms with E-state index < -0.39 is 17.6 Å². The first-order valence-corrected chi connectivity index (χ1v) is 5.77. The Balaban J connectivity index is 2.85. The molecule has 0 radical (unpaired) electrons. The molecule has 2 amide bonds. The lowest BCUT2D eigenvalue weighted by Crippen LogP contribution is -2.31. The Kier molecular flexibility index (Phi) is 5.41. The molecule has 0 fully saturated rings. The smallest absolute Gasteiger partial charge is 0.261 e. The number of ketones is 1. The van der Waals surface area contributed by atoms with Gasteiger partial charge in [-0.1, -0.05) is 42.5 Å². The predicted octanol–water partition coefficient (Wildman–Crippen LogP) is 1.88. The van der Waals surface area contributed by atoms with Gasteiger partial charge >= 0.3 is 0 Å². The van der Waals surface area contributed by atoms with Crippen molar-refractivity contribution in [2.45, 2.75) is 13.8 Å². The Morgan fingerprint density at radius 3 is 2.21 bits per heavy atom. The second kappa shape index (κ2) is 7.06. The van der Waals surface area contributed by atoms with E-state index in [4.69, 9.17) is 0 Å². The van der Waals surface area contributed by atoms with E-state index >= 15 is 0 Å². The summed E-state index contributed by atoms with van der Waals surface area (Å²) in [5.41, 5.74) is 0.899. The molecule has 0 atom stereocenters. The lowest BCUT2D eigenvalue weighted by molar-refractivity contribution is -0.128. The molecule has 4 heteroatoms. The highest BCUT2D eigenvalue weighted by Gasteiger charge is 2.14. The fourth-order valence-electron chi connectivity index (χ4n) is 1.40. The second-order valence-corrected chi connectivity index (χ2v) is 3.92. The zero-order chi connectivity index (χ0) is 14.3. The normalized spacial score (nSPS) is 11.4. The molecule has 0 saturated heterocycles. The molecule has 0 aliphatic carbocycles. The number of rotatable bonds is 4. The summed E-state index contributed by atoms with van der Waals surface area (Å²) >= 11 is 0. The summed E-state index contributed by atoms with van der Waals surface area (Å²) in [6.07, 6.45) is 4.77. The van der Waals surface area contributed by atoms with Gasteiger partial charge in [-0.2, -0.15) is 0 Å². The summed E-state index contributed by atoms with van der Waals surface area (Å²) in [6.45, 7) is 2.50. The molecule has 0 bridgehead atoms. The fraction of sp³-hybridized carbons (Fsp3) is 0.133. The maximum Gasteiger partial charge on any atom is 0.261 e. The molecule has 4 nitrogen and oxygen atoms in total. The number of amides is 2. The van der Waals surface area contributed by atoms with E-state index in [-0.39, 0.29) is 5.57 Å². The van der Waals surface area contributed by atoms with Gasteiger partial charge < -0.3 is 0 Å². The Bertz CT molecular complexity index is 542. The lowest BCUT2D eigenvalue weighted by Gasteiger charge is -2.01. The van der Waals surface area contributed by atoms with Gasteiger partial charge in [0.2, 0.25) is 5.91 Å². The minimum Gasteiger partial charge on any atom is -0.294 e. The second-order valence-electron chi connectivity index (χ2n) is 3.92. The number of hydrogen-bond donors (Lipinski definition) is 1. The minimum atomic E-state index is -0.683. The monoisotopic (exact) mass is 257 g/mol. The predicted molar refractivity (Wildman–Crippen MR) is 73.1 cm³/mol. The number of allylic oxidation sites excluding steroid dienone is 2. The van der Waals surface area contributed by atoms with Crippen LogP contribution in [0.3, 0.4) is 0 Å². The molecule has 1 aromatic carbocycles. The van der Waals surface area contributed by atoms with Gasteiger partial charge in [0.05, 0.1) is 5.57 Å². The summed E-state index contributed by atoms with van der Waals surface area (Å²) in [6, 6.07) is 9.46. The minimum absolute atomic E-state index is 0.0534. The molecule has 1 rings (SSSR count). The molecule has 0 aliphatic rings. The van der Waals surface area contributed by atoms with Gasteiger partial charge in [-0.05, 0) is 18.6 Å². The molecule has 98 valence electrons. The van der Waals surface area contributed by atoms with Crippen molar-refractivity contribution in [2.75, 3.05) is 0 Å². The summed E-state index contributed by atoms with van der Waals surface area (Å²) in [5, 5.41) is 2.07. The lowest BCUT2D eigenvalue weighted by atomic mass is 10.1. The molecule has 0 aromatic heterocycles. The Hall–Kier alpha value is -2.49. The average Bonchev–Trinajstić information content (AvgIpc) is 2.34. The van der Waals surface area contributed by atoms with Gasteiger partial charge in [0.1, 0.15) is 0 Å². The van der Waals surface area contributed by atoms with Crippen molar-refractivity contribution in [3.05, 3.63) is 53.6 Å². The van der Waals surface area contributed by atoms with Crippen molar-refractivity contribution >= 4 is 23.7 Å². The van der Waals surface area contributed by atoms with Gasteiger partial charge in [-0.15, -0.1) is 0 Å². The summed E-state index contributed by atoms with van der Waals surface area (Å²) in [5.74, 6) is -1.57. The number of carbonyl (C=O) groups excluding carboxylic acids is 3. The van der Waals surface area contributed by atoms with Crippen molar-refractivity contribution in [1.29, 1.82) is 0 Å². The van der Waals surface area contributed by atoms with Crippen LogP contribution in [-0.2, 0) is 14.4 Å². The number of hydrogen-bond acceptors (Lipinski definition) is 3. The first-order valence-electron chi connectivity index (χ1n) is 5.77. The first kappa shape index (κ1) is 14.6. The van der Waals surface area contributed by atoms with Crippen LogP contribution in [0.15, 0.2) is 48.1 Å². The topological polar surface area (TPSA) is 63.2 Å². The molecule has 0 heterocycles. The third-order valence-corrected chi connectivity index (χ3v) is 2.26. The van der Waals surface area contributed by atoms with Gasteiger partial charge in [-0.3, -0.25) is 19.7 Å². The van der Waals surface area contributed by atoms with Crippen molar-refractivity contribution in [2.24, 2.45) is 0 Å². The SMILES string of the molecule is CC(=O)NC(=O)/C(=C/C=C/c1ccccc1)C(C)=O. The zero-order valence-corrected chi connectivity index (χ0v) is 10.8. The Morgan fingerprint density at radius 2 is 1.68 bits per heavy atom. The highest BCUT2D eigenvalue weighted by molar-refractivity contribution is 6.21. The fourth-order valence-corrected chi connectivity index (χ4v) is 1.40. The third kappa shape index (κ3) is 5.12. The number of carbonyl (C=O) groups is 3. The maximum atomic E-state index is 11.6. The molecular weight excluding hydrogens is 242 g/mol. The third-order valence-electron chi connectivity index (χ3n) is 2.26. The van der Waals surface area contributed by atoms with E-state index in [1.807, 2.05) is 30.3 Å². The first-order chi connectivity index (χ1) is 9.00. The molecule has 0 aliphatic heterocycles. The summed E-state index contributed by atoms with van der Waals surface area (Å²) in [4.78, 5) is 33.7. The van der Waals surface area contributed by atoms with Crippen molar-refractivity contribution in [3.8, 4) is 0 Å². The van der Waals surface area contributed by atoms with E-state index in [1.54, 1.807) is 12.2 Å². The van der Waals surface area contributed by atoms with Gasteiger partial charge in [0, 0.05) is 6.92 Å². The van der Waals surface area contributed by atoms with Gasteiger partial charge in [0.15, 0.2) is 5.78 Å². The summed E-state index contributed by atoms with van der Waals surface area (Å²) in [7, 11) is 0. The molecule has 0 saturated carbocycles. The summed E-state index contributed by atoms with van der Waals surface area (Å²) < 4.78 is 0. The van der Waals surface area contributed by atoms with E-state index in [9.17, 15) is 14.4 Å². The number of Topliss-reactive ketones (excluding diaryl/α,β-unsaturated/α-hetero) is 1. The highest BCUT2D eigenvalue weighted by atomic mass is 16.2. The van der Waals surface area contributed by atoms with Crippen molar-refractivity contribution in [3.63, 3.8) is 0 Å². The van der Waals surface area contributed by atoms with Crippen molar-refractivity contribution in [1.82, 2.24) is 5.32 Å². The molecule has 0 unspecified atom stereocenters. The van der Waals surface area contributed by atoms with E-state index in [0.29, 0.717) is 0 Å². The Labute approximate surface area is 111 Å². The van der Waals surface area contributed by atoms with Crippen LogP contribution in [0, 0.1) is 0 Å². The number of nitrogens with one attached hydrogen (secondary N) is 1. The van der Waals surface area contributed by atoms with Crippen LogP contribution >= 0.6 is 0 Å². The van der Waals surface area contributed by atoms with Crippen LogP contribution in [0.25, 0.3) is 6.08 Å². The van der Waals surface area contributed by atoms with Crippen LogP contribution in [0.4, 0.5) is 0 Å². The Morgan fingerprint density at radius 1 is 1.05 bits per heavy atom. The van der Waals surface area contributed by atoms with E-state index in [1.165, 1.54) is 19.9 Å². The highest BCUT2D eigenvalue weighted by Crippen LogP contribution is 2.03. The van der Waals surface area contributed by atoms with Gasteiger partial charge in [0.25, 0.3) is 5.91 Å². The van der Waals surface area contributed by atoms with E-state index in [0.717, 1.165) is 5.56 Å². The van der Waals surface area contributed by atoms with Crippen LogP contribution < -0.4 is 5.32 Å². The molecule has 19 heavy (non-hydrogen) atoms. The van der Waals surface area contributed by atoms with Crippen LogP contribution in [0.2, 0.25) is 0 Å². The maximum absolute atomic E-state index is 11.6. The van der Waals surface area contributed by atoms with Crippen LogP contribution in [0.5, 0.6) is 0 Å². The zero-order valence-electron chi connectivity index (χ0n) is 10.8. The van der Waals surface area contributed by atoms with E-state index in [2.05, 4.69) is 5.32 Å². The molecule has 0 spiro atoms. The molecule has 1 N–H and O–H groups in total. The van der Waals surface area contributed by atoms with Gasteiger partial charge in [-0.25, -0.2) is 0 Å².